The lowest BCUT2D eigenvalue weighted by molar-refractivity contribution is 0.609. The molecule has 1 nitrogen and oxygen atoms in total. The maximum Gasteiger partial charge on any atom is 0.126 e. The molecule has 1 atom stereocenters. The number of hydrogen-bond donors (Lipinski definition) is 1. The minimum atomic E-state index is -0.162. The highest BCUT2D eigenvalue weighted by Crippen LogP contribution is 2.30. The van der Waals surface area contributed by atoms with E-state index in [-0.39, 0.29) is 11.9 Å². The summed E-state index contributed by atoms with van der Waals surface area (Å²) in [5, 5.41) is 0. The minimum absolute atomic E-state index is 0.119. The predicted octanol–water partition coefficient (Wildman–Crippen LogP) is 4.29. The molecule has 1 aromatic rings. The zero-order valence-electron chi connectivity index (χ0n) is 11.1. The summed E-state index contributed by atoms with van der Waals surface area (Å²) in [5.74, 6) is 1.59. The summed E-state index contributed by atoms with van der Waals surface area (Å²) in [6.45, 7) is 8.12. The summed E-state index contributed by atoms with van der Waals surface area (Å²) in [6.07, 6.45) is 1.17. The standard InChI is InChI=1S/C14H22FNS/c1-9(2)5-6-17-14-7-10(3)13(15)8-12(14)11(4)16/h7-9,11H,5-6,16H2,1-4H3/t11-/m0/s1. The van der Waals surface area contributed by atoms with E-state index in [2.05, 4.69) is 13.8 Å². The average Bonchev–Trinajstić information content (AvgIpc) is 2.22. The van der Waals surface area contributed by atoms with Gasteiger partial charge in [-0.3, -0.25) is 0 Å². The molecular weight excluding hydrogens is 233 g/mol. The van der Waals surface area contributed by atoms with Crippen molar-refractivity contribution in [3.05, 3.63) is 29.1 Å². The fraction of sp³-hybridized carbons (Fsp3) is 0.571. The highest BCUT2D eigenvalue weighted by atomic mass is 32.2. The topological polar surface area (TPSA) is 26.0 Å². The largest absolute Gasteiger partial charge is 0.324 e. The van der Waals surface area contributed by atoms with Crippen LogP contribution in [0.4, 0.5) is 4.39 Å². The molecule has 96 valence electrons. The molecule has 0 bridgehead atoms. The van der Waals surface area contributed by atoms with E-state index in [1.807, 2.05) is 13.0 Å². The zero-order valence-corrected chi connectivity index (χ0v) is 11.9. The third-order valence-electron chi connectivity index (χ3n) is 2.73. The Labute approximate surface area is 108 Å². The molecule has 0 aliphatic rings. The monoisotopic (exact) mass is 255 g/mol. The molecule has 0 saturated heterocycles. The first-order valence-electron chi connectivity index (χ1n) is 6.10. The van der Waals surface area contributed by atoms with Crippen molar-refractivity contribution in [2.24, 2.45) is 11.7 Å². The second-order valence-corrected chi connectivity index (χ2v) is 6.10. The molecule has 1 aromatic carbocycles. The minimum Gasteiger partial charge on any atom is -0.324 e. The van der Waals surface area contributed by atoms with Crippen molar-refractivity contribution in [1.82, 2.24) is 0 Å². The Kier molecular flexibility index (Phi) is 5.47. The van der Waals surface area contributed by atoms with Gasteiger partial charge in [0.25, 0.3) is 0 Å². The van der Waals surface area contributed by atoms with E-state index < -0.39 is 0 Å². The molecule has 0 saturated carbocycles. The molecule has 17 heavy (non-hydrogen) atoms. The van der Waals surface area contributed by atoms with E-state index in [9.17, 15) is 4.39 Å². The normalized spacial score (nSPS) is 13.1. The number of aryl methyl sites for hydroxylation is 1. The van der Waals surface area contributed by atoms with Gasteiger partial charge in [-0.15, -0.1) is 11.8 Å². The molecule has 0 aliphatic heterocycles. The fourth-order valence-corrected chi connectivity index (χ4v) is 3.04. The van der Waals surface area contributed by atoms with Gasteiger partial charge in [0.2, 0.25) is 0 Å². The lowest BCUT2D eigenvalue weighted by atomic mass is 10.1. The number of benzene rings is 1. The van der Waals surface area contributed by atoms with Gasteiger partial charge in [0, 0.05) is 10.9 Å². The summed E-state index contributed by atoms with van der Waals surface area (Å²) in [6, 6.07) is 3.38. The number of thioether (sulfide) groups is 1. The van der Waals surface area contributed by atoms with Crippen LogP contribution in [-0.4, -0.2) is 5.75 Å². The Bertz CT molecular complexity index is 375. The lowest BCUT2D eigenvalue weighted by Gasteiger charge is -2.14. The number of rotatable bonds is 5. The van der Waals surface area contributed by atoms with Gasteiger partial charge in [-0.05, 0) is 55.2 Å². The van der Waals surface area contributed by atoms with Gasteiger partial charge < -0.3 is 5.73 Å². The number of hydrogen-bond acceptors (Lipinski definition) is 2. The van der Waals surface area contributed by atoms with Crippen LogP contribution in [0.25, 0.3) is 0 Å². The molecule has 0 aliphatic carbocycles. The highest BCUT2D eigenvalue weighted by Gasteiger charge is 2.11. The first-order valence-corrected chi connectivity index (χ1v) is 7.08. The van der Waals surface area contributed by atoms with Crippen LogP contribution < -0.4 is 5.73 Å². The second kappa shape index (κ2) is 6.41. The Balaban J connectivity index is 2.85. The Morgan fingerprint density at radius 2 is 1.94 bits per heavy atom. The summed E-state index contributed by atoms with van der Waals surface area (Å²) in [4.78, 5) is 1.12. The molecule has 0 amide bonds. The van der Waals surface area contributed by atoms with Crippen molar-refractivity contribution in [3.63, 3.8) is 0 Å². The third kappa shape index (κ3) is 4.32. The average molecular weight is 255 g/mol. The van der Waals surface area contributed by atoms with Crippen molar-refractivity contribution in [1.29, 1.82) is 0 Å². The zero-order chi connectivity index (χ0) is 13.0. The van der Waals surface area contributed by atoms with Crippen LogP contribution in [0.15, 0.2) is 17.0 Å². The van der Waals surface area contributed by atoms with Crippen LogP contribution >= 0.6 is 11.8 Å². The quantitative estimate of drug-likeness (QED) is 0.794. The van der Waals surface area contributed by atoms with Gasteiger partial charge in [-0.1, -0.05) is 13.8 Å². The molecule has 3 heteroatoms. The SMILES string of the molecule is Cc1cc(SCCC(C)C)c([C@H](C)N)cc1F. The first-order chi connectivity index (χ1) is 7.91. The smallest absolute Gasteiger partial charge is 0.126 e. The van der Waals surface area contributed by atoms with Crippen molar-refractivity contribution >= 4 is 11.8 Å². The summed E-state index contributed by atoms with van der Waals surface area (Å²) < 4.78 is 13.5. The molecule has 2 N–H and O–H groups in total. The van der Waals surface area contributed by atoms with Gasteiger partial charge in [-0.2, -0.15) is 0 Å². The van der Waals surface area contributed by atoms with Gasteiger partial charge in [0.15, 0.2) is 0 Å². The van der Waals surface area contributed by atoms with E-state index in [1.165, 1.54) is 6.42 Å². The van der Waals surface area contributed by atoms with Crippen LogP contribution in [0.3, 0.4) is 0 Å². The van der Waals surface area contributed by atoms with Gasteiger partial charge in [0.1, 0.15) is 5.82 Å². The summed E-state index contributed by atoms with van der Waals surface area (Å²) in [7, 11) is 0. The Morgan fingerprint density at radius 3 is 2.47 bits per heavy atom. The van der Waals surface area contributed by atoms with Crippen molar-refractivity contribution < 1.29 is 4.39 Å². The molecule has 0 unspecified atom stereocenters. The van der Waals surface area contributed by atoms with Crippen LogP contribution in [0.1, 0.15) is 44.4 Å². The van der Waals surface area contributed by atoms with Crippen molar-refractivity contribution in [2.45, 2.75) is 45.1 Å². The van der Waals surface area contributed by atoms with Crippen LogP contribution in [0.5, 0.6) is 0 Å². The van der Waals surface area contributed by atoms with Crippen LogP contribution in [0.2, 0.25) is 0 Å². The maximum absolute atomic E-state index is 13.5. The van der Waals surface area contributed by atoms with Crippen molar-refractivity contribution in [2.75, 3.05) is 5.75 Å². The van der Waals surface area contributed by atoms with E-state index in [1.54, 1.807) is 24.8 Å². The van der Waals surface area contributed by atoms with E-state index in [0.29, 0.717) is 11.5 Å². The Hall–Kier alpha value is -0.540. The predicted molar refractivity (Wildman–Crippen MR) is 73.9 cm³/mol. The summed E-state index contributed by atoms with van der Waals surface area (Å²) >= 11 is 1.78. The van der Waals surface area contributed by atoms with Crippen LogP contribution in [0, 0.1) is 18.7 Å². The summed E-state index contributed by atoms with van der Waals surface area (Å²) in [5.41, 5.74) is 7.50. The second-order valence-electron chi connectivity index (χ2n) is 4.96. The molecule has 0 spiro atoms. The molecule has 0 heterocycles. The molecular formula is C14H22FNS. The van der Waals surface area contributed by atoms with Crippen molar-refractivity contribution in [3.8, 4) is 0 Å². The third-order valence-corrected chi connectivity index (χ3v) is 3.84. The number of halogens is 1. The molecule has 1 rings (SSSR count). The lowest BCUT2D eigenvalue weighted by Crippen LogP contribution is -2.08. The Morgan fingerprint density at radius 1 is 1.29 bits per heavy atom. The molecule has 0 radical (unpaired) electrons. The molecule has 0 aromatic heterocycles. The van der Waals surface area contributed by atoms with Gasteiger partial charge in [-0.25, -0.2) is 4.39 Å². The van der Waals surface area contributed by atoms with Gasteiger partial charge >= 0.3 is 0 Å². The number of nitrogens with two attached hydrogens (primary N) is 1. The molecule has 0 fully saturated rings. The fourth-order valence-electron chi connectivity index (χ4n) is 1.56. The highest BCUT2D eigenvalue weighted by molar-refractivity contribution is 7.99. The maximum atomic E-state index is 13.5. The van der Waals surface area contributed by atoms with Gasteiger partial charge in [0.05, 0.1) is 0 Å². The first kappa shape index (κ1) is 14.5. The van der Waals surface area contributed by atoms with E-state index >= 15 is 0 Å². The van der Waals surface area contributed by atoms with E-state index in [4.69, 9.17) is 5.73 Å². The van der Waals surface area contributed by atoms with Crippen LogP contribution in [-0.2, 0) is 0 Å². The van der Waals surface area contributed by atoms with E-state index in [0.717, 1.165) is 16.2 Å².